The molecule has 0 amide bonds. The largest absolute Gasteiger partial charge is 0.485 e. The lowest BCUT2D eigenvalue weighted by molar-refractivity contribution is -0.385. The minimum Gasteiger partial charge on any atom is -0.485 e. The first-order valence-corrected chi connectivity index (χ1v) is 6.89. The maximum absolute atomic E-state index is 10.9. The minimum atomic E-state index is -0.487. The Bertz CT molecular complexity index is 472. The first kappa shape index (κ1) is 16.7. The summed E-state index contributed by atoms with van der Waals surface area (Å²) in [6.45, 7) is 9.40. The second-order valence-electron chi connectivity index (χ2n) is 5.89. The Morgan fingerprint density at radius 3 is 2.65 bits per heavy atom. The Balaban J connectivity index is 2.64. The molecule has 1 N–H and O–H groups in total. The first-order valence-electron chi connectivity index (χ1n) is 6.51. The van der Waals surface area contributed by atoms with Gasteiger partial charge in [-0.25, -0.2) is 0 Å². The zero-order valence-electron chi connectivity index (χ0n) is 12.3. The monoisotopic (exact) mass is 300 g/mol. The molecule has 112 valence electrons. The predicted octanol–water partition coefficient (Wildman–Crippen LogP) is 3.65. The van der Waals surface area contributed by atoms with E-state index >= 15 is 0 Å². The van der Waals surface area contributed by atoms with Gasteiger partial charge in [-0.05, 0) is 26.8 Å². The fourth-order valence-electron chi connectivity index (χ4n) is 1.55. The van der Waals surface area contributed by atoms with Crippen LogP contribution in [0.2, 0.25) is 5.02 Å². The Labute approximate surface area is 124 Å². The van der Waals surface area contributed by atoms with Gasteiger partial charge in [-0.15, -0.1) is 0 Å². The fraction of sp³-hybridized carbons (Fsp3) is 0.571. The van der Waals surface area contributed by atoms with Crippen molar-refractivity contribution in [1.82, 2.24) is 5.32 Å². The molecule has 0 aliphatic rings. The molecule has 0 aliphatic carbocycles. The van der Waals surface area contributed by atoms with Crippen LogP contribution in [0.1, 0.15) is 27.7 Å². The lowest BCUT2D eigenvalue weighted by Crippen LogP contribution is -2.39. The van der Waals surface area contributed by atoms with Gasteiger partial charge in [-0.3, -0.25) is 10.1 Å². The van der Waals surface area contributed by atoms with E-state index in [0.29, 0.717) is 6.61 Å². The van der Waals surface area contributed by atoms with E-state index in [2.05, 4.69) is 26.1 Å². The maximum Gasteiger partial charge on any atom is 0.312 e. The van der Waals surface area contributed by atoms with Crippen LogP contribution in [0, 0.1) is 16.0 Å². The fourth-order valence-corrected chi connectivity index (χ4v) is 1.77. The second kappa shape index (κ2) is 6.90. The second-order valence-corrected chi connectivity index (χ2v) is 6.30. The van der Waals surface area contributed by atoms with Gasteiger partial charge in [0, 0.05) is 24.1 Å². The lowest BCUT2D eigenvalue weighted by atomic mass is 10.1. The lowest BCUT2D eigenvalue weighted by Gasteiger charge is -2.23. The highest BCUT2D eigenvalue weighted by Crippen LogP contribution is 2.34. The summed E-state index contributed by atoms with van der Waals surface area (Å²) in [6, 6.07) is 4.51. The van der Waals surface area contributed by atoms with Crippen molar-refractivity contribution >= 4 is 17.3 Å². The number of nitro benzene ring substituents is 1. The summed E-state index contributed by atoms with van der Waals surface area (Å²) in [5.41, 5.74) is -0.0709. The average molecular weight is 301 g/mol. The molecule has 0 fully saturated rings. The summed E-state index contributed by atoms with van der Waals surface area (Å²) in [5.74, 6) is 0.354. The molecule has 1 aromatic carbocycles. The number of hydrogen-bond donors (Lipinski definition) is 1. The van der Waals surface area contributed by atoms with Gasteiger partial charge in [0.05, 0.1) is 16.6 Å². The molecule has 0 aromatic heterocycles. The standard InChI is InChI=1S/C14H21ClN2O3/c1-10(8-16-14(2,3)4)9-20-13-11(15)6-5-7-12(13)17(18)19/h5-7,10,16H,8-9H2,1-4H3. The molecule has 0 saturated carbocycles. The summed E-state index contributed by atoms with van der Waals surface area (Å²) in [5, 5.41) is 14.6. The number of nitro groups is 1. The van der Waals surface area contributed by atoms with E-state index < -0.39 is 4.92 Å². The number of nitrogens with zero attached hydrogens (tertiary/aromatic N) is 1. The number of para-hydroxylation sites is 1. The van der Waals surface area contributed by atoms with Gasteiger partial charge in [0.2, 0.25) is 5.75 Å². The van der Waals surface area contributed by atoms with Gasteiger partial charge in [-0.1, -0.05) is 24.6 Å². The average Bonchev–Trinajstić information content (AvgIpc) is 2.33. The molecule has 0 saturated heterocycles. The quantitative estimate of drug-likeness (QED) is 0.643. The van der Waals surface area contributed by atoms with Crippen LogP contribution in [0.25, 0.3) is 0 Å². The van der Waals surface area contributed by atoms with E-state index in [1.165, 1.54) is 12.1 Å². The molecule has 20 heavy (non-hydrogen) atoms. The molecule has 0 radical (unpaired) electrons. The Morgan fingerprint density at radius 2 is 2.10 bits per heavy atom. The van der Waals surface area contributed by atoms with Gasteiger partial charge in [0.1, 0.15) is 0 Å². The topological polar surface area (TPSA) is 64.4 Å². The molecule has 5 nitrogen and oxygen atoms in total. The molecule has 1 atom stereocenters. The van der Waals surface area contributed by atoms with E-state index in [0.717, 1.165) is 6.54 Å². The van der Waals surface area contributed by atoms with Crippen molar-refractivity contribution in [3.8, 4) is 5.75 Å². The zero-order chi connectivity index (χ0) is 15.3. The van der Waals surface area contributed by atoms with Crippen molar-refractivity contribution < 1.29 is 9.66 Å². The number of ether oxygens (including phenoxy) is 1. The molecule has 0 aliphatic heterocycles. The predicted molar refractivity (Wildman–Crippen MR) is 80.5 cm³/mol. The number of benzene rings is 1. The summed E-state index contributed by atoms with van der Waals surface area (Å²) in [6.07, 6.45) is 0. The molecule has 6 heteroatoms. The van der Waals surface area contributed by atoms with E-state index in [9.17, 15) is 10.1 Å². The van der Waals surface area contributed by atoms with Gasteiger partial charge in [0.15, 0.2) is 0 Å². The van der Waals surface area contributed by atoms with Crippen molar-refractivity contribution in [3.63, 3.8) is 0 Å². The minimum absolute atomic E-state index is 0.0324. The van der Waals surface area contributed by atoms with E-state index in [-0.39, 0.29) is 27.9 Å². The van der Waals surface area contributed by atoms with Crippen LogP contribution in [0.5, 0.6) is 5.75 Å². The summed E-state index contributed by atoms with van der Waals surface area (Å²) >= 11 is 5.96. The van der Waals surface area contributed by atoms with Crippen LogP contribution in [0.3, 0.4) is 0 Å². The molecule has 1 rings (SSSR count). The third-order valence-corrected chi connectivity index (χ3v) is 2.93. The van der Waals surface area contributed by atoms with Crippen molar-refractivity contribution in [1.29, 1.82) is 0 Å². The molecule has 0 spiro atoms. The van der Waals surface area contributed by atoms with Gasteiger partial charge in [0.25, 0.3) is 0 Å². The van der Waals surface area contributed by atoms with Crippen LogP contribution in [-0.2, 0) is 0 Å². The summed E-state index contributed by atoms with van der Waals surface area (Å²) in [4.78, 5) is 10.4. The highest BCUT2D eigenvalue weighted by molar-refractivity contribution is 6.32. The number of hydrogen-bond acceptors (Lipinski definition) is 4. The van der Waals surface area contributed by atoms with Gasteiger partial charge < -0.3 is 10.1 Å². The smallest absolute Gasteiger partial charge is 0.312 e. The van der Waals surface area contributed by atoms with Crippen LogP contribution in [0.4, 0.5) is 5.69 Å². The Kier molecular flexibility index (Phi) is 5.77. The third-order valence-electron chi connectivity index (χ3n) is 2.64. The third kappa shape index (κ3) is 5.35. The highest BCUT2D eigenvalue weighted by Gasteiger charge is 2.19. The summed E-state index contributed by atoms with van der Waals surface area (Å²) in [7, 11) is 0. The van der Waals surface area contributed by atoms with Crippen molar-refractivity contribution in [3.05, 3.63) is 33.3 Å². The van der Waals surface area contributed by atoms with Crippen LogP contribution in [0.15, 0.2) is 18.2 Å². The van der Waals surface area contributed by atoms with Gasteiger partial charge in [-0.2, -0.15) is 0 Å². The molecular formula is C14H21ClN2O3. The summed E-state index contributed by atoms with van der Waals surface area (Å²) < 4.78 is 5.54. The number of rotatable bonds is 6. The van der Waals surface area contributed by atoms with Crippen molar-refractivity contribution in [2.75, 3.05) is 13.2 Å². The van der Waals surface area contributed by atoms with Gasteiger partial charge >= 0.3 is 5.69 Å². The SMILES string of the molecule is CC(CNC(C)(C)C)COc1c(Cl)cccc1[N+](=O)[O-]. The molecule has 0 heterocycles. The molecule has 1 unspecified atom stereocenters. The Hall–Kier alpha value is -1.33. The Morgan fingerprint density at radius 1 is 1.45 bits per heavy atom. The number of halogens is 1. The molecule has 1 aromatic rings. The van der Waals surface area contributed by atoms with Crippen molar-refractivity contribution in [2.24, 2.45) is 5.92 Å². The van der Waals surface area contributed by atoms with E-state index in [4.69, 9.17) is 16.3 Å². The molecule has 0 bridgehead atoms. The van der Waals surface area contributed by atoms with E-state index in [1.54, 1.807) is 6.07 Å². The zero-order valence-corrected chi connectivity index (χ0v) is 13.0. The van der Waals surface area contributed by atoms with Crippen LogP contribution < -0.4 is 10.1 Å². The number of nitrogens with one attached hydrogen (secondary N) is 1. The van der Waals surface area contributed by atoms with Crippen LogP contribution in [-0.4, -0.2) is 23.6 Å². The first-order chi connectivity index (χ1) is 9.20. The highest BCUT2D eigenvalue weighted by atomic mass is 35.5. The maximum atomic E-state index is 10.9. The normalized spacial score (nSPS) is 13.1. The van der Waals surface area contributed by atoms with Crippen molar-refractivity contribution in [2.45, 2.75) is 33.2 Å². The molecular weight excluding hydrogens is 280 g/mol. The van der Waals surface area contributed by atoms with E-state index in [1.807, 2.05) is 6.92 Å². The van der Waals surface area contributed by atoms with Crippen LogP contribution >= 0.6 is 11.6 Å².